The summed E-state index contributed by atoms with van der Waals surface area (Å²) >= 11 is 0. The zero-order chi connectivity index (χ0) is 28.2. The van der Waals surface area contributed by atoms with Gasteiger partial charge in [0.2, 0.25) is 11.9 Å². The zero-order valence-electron chi connectivity index (χ0n) is 21.6. The van der Waals surface area contributed by atoms with Crippen LogP contribution in [0.2, 0.25) is 0 Å². The van der Waals surface area contributed by atoms with Crippen molar-refractivity contribution < 1.29 is 32.3 Å². The fraction of sp³-hybridized carbons (Fsp3) is 0.520. The molecule has 0 radical (unpaired) electrons. The van der Waals surface area contributed by atoms with Gasteiger partial charge < -0.3 is 21.1 Å². The van der Waals surface area contributed by atoms with Crippen LogP contribution in [0.4, 0.5) is 29.3 Å². The molecule has 8 nitrogen and oxygen atoms in total. The van der Waals surface area contributed by atoms with Crippen molar-refractivity contribution >= 4 is 23.6 Å². The lowest BCUT2D eigenvalue weighted by atomic mass is 10.0. The molecule has 4 N–H and O–H groups in total. The molecule has 0 aliphatic carbocycles. The van der Waals surface area contributed by atoms with Crippen molar-refractivity contribution in [1.29, 1.82) is 0 Å². The third kappa shape index (κ3) is 12.9. The minimum absolute atomic E-state index is 0.141. The molecular formula is C25H35F4N5O3. The molecule has 0 spiro atoms. The van der Waals surface area contributed by atoms with E-state index in [1.807, 2.05) is 13.0 Å². The Kier molecular flexibility index (Phi) is 12.8. The van der Waals surface area contributed by atoms with Gasteiger partial charge in [-0.25, -0.2) is 14.2 Å². The first-order valence-electron chi connectivity index (χ1n) is 11.9. The van der Waals surface area contributed by atoms with E-state index >= 15 is 0 Å². The van der Waals surface area contributed by atoms with Crippen LogP contribution in [0, 0.1) is 18.7 Å². The van der Waals surface area contributed by atoms with Crippen molar-refractivity contribution in [2.75, 3.05) is 10.6 Å². The predicted octanol–water partition coefficient (Wildman–Crippen LogP) is 5.30. The zero-order valence-corrected chi connectivity index (χ0v) is 21.6. The average molecular weight is 530 g/mol. The number of halogens is 4. The number of hydrogen-bond acceptors (Lipinski definition) is 6. The number of nitrogens with zero attached hydrogens (tertiary/aromatic N) is 2. The van der Waals surface area contributed by atoms with Gasteiger partial charge in [-0.2, -0.15) is 18.2 Å². The summed E-state index contributed by atoms with van der Waals surface area (Å²) in [6, 6.07) is 7.89. The Morgan fingerprint density at radius 1 is 1.08 bits per heavy atom. The van der Waals surface area contributed by atoms with Gasteiger partial charge in [-0.05, 0) is 50.3 Å². The lowest BCUT2D eigenvalue weighted by Gasteiger charge is -2.21. The minimum atomic E-state index is -5.08. The monoisotopic (exact) mass is 529 g/mol. The molecule has 0 aliphatic rings. The summed E-state index contributed by atoms with van der Waals surface area (Å²) in [4.78, 5) is 30.8. The Labute approximate surface area is 214 Å². The van der Waals surface area contributed by atoms with Crippen LogP contribution >= 0.6 is 0 Å². The number of carbonyl (C=O) groups is 2. The molecule has 1 amide bonds. The number of alkyl halides is 3. The molecule has 0 saturated heterocycles. The summed E-state index contributed by atoms with van der Waals surface area (Å²) in [7, 11) is 0. The second-order valence-electron chi connectivity index (χ2n) is 9.03. The number of aromatic nitrogens is 2. The number of aryl methyl sites for hydroxylation is 1. The van der Waals surface area contributed by atoms with E-state index in [1.54, 1.807) is 12.1 Å². The number of amides is 1. The highest BCUT2D eigenvalue weighted by Gasteiger charge is 2.38. The molecule has 1 unspecified atom stereocenters. The van der Waals surface area contributed by atoms with Crippen LogP contribution in [0.15, 0.2) is 30.3 Å². The number of nitrogens with one attached hydrogen (secondary N) is 3. The van der Waals surface area contributed by atoms with E-state index in [-0.39, 0.29) is 24.3 Å². The molecule has 2 aromatic rings. The summed E-state index contributed by atoms with van der Waals surface area (Å²) in [6.45, 7) is 10.6. The van der Waals surface area contributed by atoms with E-state index < -0.39 is 18.2 Å². The SMILES string of the molecule is CCCC(C)Nc1nc(C)cc(N[C@@H](CC(C)C)C(=O)NCc2cccc(F)c2)n1.O=C(O)C(F)(F)F. The van der Waals surface area contributed by atoms with Gasteiger partial charge in [0, 0.05) is 24.3 Å². The molecule has 1 heterocycles. The number of benzene rings is 1. The highest BCUT2D eigenvalue weighted by atomic mass is 19.4. The Morgan fingerprint density at radius 2 is 1.73 bits per heavy atom. The van der Waals surface area contributed by atoms with Gasteiger partial charge in [-0.1, -0.05) is 39.3 Å². The summed E-state index contributed by atoms with van der Waals surface area (Å²) in [5.41, 5.74) is 1.54. The summed E-state index contributed by atoms with van der Waals surface area (Å²) in [5, 5.41) is 16.6. The Hall–Kier alpha value is -3.44. The number of carboxylic acids is 1. The molecule has 12 heteroatoms. The number of rotatable bonds is 11. The fourth-order valence-electron chi connectivity index (χ4n) is 3.27. The van der Waals surface area contributed by atoms with E-state index in [0.717, 1.165) is 24.1 Å². The minimum Gasteiger partial charge on any atom is -0.475 e. The number of carboxylic acid groups (broad SMARTS) is 1. The van der Waals surface area contributed by atoms with Crippen molar-refractivity contribution in [3.63, 3.8) is 0 Å². The highest BCUT2D eigenvalue weighted by Crippen LogP contribution is 2.16. The third-order valence-electron chi connectivity index (χ3n) is 4.90. The molecule has 1 aromatic carbocycles. The lowest BCUT2D eigenvalue weighted by molar-refractivity contribution is -0.192. The van der Waals surface area contributed by atoms with Gasteiger partial charge in [0.1, 0.15) is 17.7 Å². The Balaban J connectivity index is 0.000000856. The van der Waals surface area contributed by atoms with Gasteiger partial charge >= 0.3 is 12.1 Å². The Bertz CT molecular complexity index is 1020. The lowest BCUT2D eigenvalue weighted by Crippen LogP contribution is -2.40. The predicted molar refractivity (Wildman–Crippen MR) is 134 cm³/mol. The molecule has 37 heavy (non-hydrogen) atoms. The molecule has 2 atom stereocenters. The Morgan fingerprint density at radius 3 is 2.27 bits per heavy atom. The maximum absolute atomic E-state index is 13.4. The van der Waals surface area contributed by atoms with Crippen LogP contribution < -0.4 is 16.0 Å². The van der Waals surface area contributed by atoms with Crippen LogP contribution in [-0.2, 0) is 16.1 Å². The van der Waals surface area contributed by atoms with Crippen molar-refractivity contribution in [2.45, 2.75) is 78.7 Å². The van der Waals surface area contributed by atoms with Crippen LogP contribution in [0.25, 0.3) is 0 Å². The normalized spacial score (nSPS) is 12.7. The van der Waals surface area contributed by atoms with Gasteiger partial charge in [0.05, 0.1) is 0 Å². The van der Waals surface area contributed by atoms with Crippen LogP contribution in [0.1, 0.15) is 58.2 Å². The van der Waals surface area contributed by atoms with E-state index in [0.29, 0.717) is 24.1 Å². The molecule has 2 rings (SSSR count). The third-order valence-corrected chi connectivity index (χ3v) is 4.90. The number of carbonyl (C=O) groups excluding carboxylic acids is 1. The van der Waals surface area contributed by atoms with Crippen molar-refractivity contribution in [3.8, 4) is 0 Å². The van der Waals surface area contributed by atoms with E-state index in [4.69, 9.17) is 9.90 Å². The van der Waals surface area contributed by atoms with Gasteiger partial charge in [0.25, 0.3) is 0 Å². The number of aliphatic carboxylic acids is 1. The number of hydrogen-bond donors (Lipinski definition) is 4. The second-order valence-corrected chi connectivity index (χ2v) is 9.03. The quantitative estimate of drug-likeness (QED) is 0.292. The van der Waals surface area contributed by atoms with Crippen molar-refractivity contribution in [2.24, 2.45) is 5.92 Å². The molecule has 0 bridgehead atoms. The average Bonchev–Trinajstić information content (AvgIpc) is 2.76. The highest BCUT2D eigenvalue weighted by molar-refractivity contribution is 5.84. The smallest absolute Gasteiger partial charge is 0.475 e. The van der Waals surface area contributed by atoms with Gasteiger partial charge in [-0.3, -0.25) is 4.79 Å². The maximum Gasteiger partial charge on any atom is 0.490 e. The van der Waals surface area contributed by atoms with Crippen LogP contribution in [0.5, 0.6) is 0 Å². The summed E-state index contributed by atoms with van der Waals surface area (Å²) < 4.78 is 45.1. The summed E-state index contributed by atoms with van der Waals surface area (Å²) in [6.07, 6.45) is -2.33. The first-order chi connectivity index (χ1) is 17.2. The first kappa shape index (κ1) is 31.6. The largest absolute Gasteiger partial charge is 0.490 e. The molecule has 0 aliphatic heterocycles. The number of anilines is 2. The van der Waals surface area contributed by atoms with Crippen molar-refractivity contribution in [3.05, 3.63) is 47.4 Å². The molecule has 206 valence electrons. The van der Waals surface area contributed by atoms with Crippen molar-refractivity contribution in [1.82, 2.24) is 15.3 Å². The second kappa shape index (κ2) is 15.0. The molecule has 1 aromatic heterocycles. The maximum atomic E-state index is 13.4. The topological polar surface area (TPSA) is 116 Å². The molecule has 0 fully saturated rings. The van der Waals surface area contributed by atoms with E-state index in [9.17, 15) is 22.4 Å². The fourth-order valence-corrected chi connectivity index (χ4v) is 3.27. The van der Waals surface area contributed by atoms with Gasteiger partial charge in [0.15, 0.2) is 0 Å². The first-order valence-corrected chi connectivity index (χ1v) is 11.9. The van der Waals surface area contributed by atoms with E-state index in [1.165, 1.54) is 12.1 Å². The standard InChI is InChI=1S/C23H34FN5O.C2HF3O2/c1-6-8-16(4)26-23-27-17(5)12-21(29-23)28-20(11-15(2)3)22(30)25-14-18-9-7-10-19(24)13-18;3-2(4,5)1(6)7/h7,9-10,12-13,15-16,20H,6,8,11,14H2,1-5H3,(H,25,30)(H2,26,27,28,29);(H,6,7)/t16?,20-;/m0./s1. The van der Waals surface area contributed by atoms with Crippen LogP contribution in [0.3, 0.4) is 0 Å². The van der Waals surface area contributed by atoms with Crippen LogP contribution in [-0.4, -0.2) is 45.2 Å². The summed E-state index contributed by atoms with van der Waals surface area (Å²) in [5.74, 6) is -1.73. The molecular weight excluding hydrogens is 494 g/mol. The molecule has 0 saturated carbocycles. The van der Waals surface area contributed by atoms with E-state index in [2.05, 4.69) is 53.6 Å². The van der Waals surface area contributed by atoms with Gasteiger partial charge in [-0.15, -0.1) is 0 Å².